The van der Waals surface area contributed by atoms with Crippen molar-refractivity contribution in [2.45, 2.75) is 0 Å². The molecule has 0 aliphatic heterocycles. The highest BCUT2D eigenvalue weighted by Crippen LogP contribution is 2.54. The van der Waals surface area contributed by atoms with E-state index >= 15 is 0 Å². The molecule has 66 valence electrons. The van der Waals surface area contributed by atoms with Crippen LogP contribution in [0.25, 0.3) is 0 Å². The largest absolute Gasteiger partial charge is 0.358 e. The van der Waals surface area contributed by atoms with Crippen molar-refractivity contribution in [2.24, 2.45) is 0 Å². The standard InChI is InChI=1S/C4H10NO3PS2/c1-5-4(6)3-11-9(7,10)8-2/h3H2,1-2H3,(H,5,6)(H,7,10). The average molecular weight is 215 g/mol. The minimum atomic E-state index is -2.75. The topological polar surface area (TPSA) is 58.6 Å². The zero-order chi connectivity index (χ0) is 8.91. The zero-order valence-electron chi connectivity index (χ0n) is 6.23. The van der Waals surface area contributed by atoms with Gasteiger partial charge in [-0.2, -0.15) is 0 Å². The first-order valence-corrected chi connectivity index (χ1v) is 7.02. The Hall–Kier alpha value is 0.390. The second-order valence-electron chi connectivity index (χ2n) is 1.60. The molecule has 0 aromatic heterocycles. The minimum Gasteiger partial charge on any atom is -0.358 e. The highest BCUT2D eigenvalue weighted by Gasteiger charge is 2.13. The lowest BCUT2D eigenvalue weighted by Gasteiger charge is -2.09. The van der Waals surface area contributed by atoms with Crippen LogP contribution < -0.4 is 5.32 Å². The number of carbonyl (C=O) groups excluding carboxylic acids is 1. The van der Waals surface area contributed by atoms with Crippen LogP contribution in [0.5, 0.6) is 0 Å². The van der Waals surface area contributed by atoms with Crippen LogP contribution in [0.4, 0.5) is 0 Å². The van der Waals surface area contributed by atoms with E-state index in [0.717, 1.165) is 11.4 Å². The van der Waals surface area contributed by atoms with Crippen LogP contribution >= 0.6 is 17.1 Å². The molecule has 0 rings (SSSR count). The quantitative estimate of drug-likeness (QED) is 0.662. The molecule has 0 radical (unpaired) electrons. The number of hydrogen-bond acceptors (Lipinski definition) is 4. The second kappa shape index (κ2) is 5.11. The van der Waals surface area contributed by atoms with Gasteiger partial charge in [-0.1, -0.05) is 11.4 Å². The van der Waals surface area contributed by atoms with Gasteiger partial charge in [0.15, 0.2) is 0 Å². The highest BCUT2D eigenvalue weighted by atomic mass is 32.9. The Bertz CT molecular complexity index is 186. The summed E-state index contributed by atoms with van der Waals surface area (Å²) in [6.45, 7) is 0. The van der Waals surface area contributed by atoms with Crippen molar-refractivity contribution >= 4 is 34.8 Å². The predicted octanol–water partition coefficient (Wildman–Crippen LogP) is 0.329. The third-order valence-corrected chi connectivity index (χ3v) is 5.26. The monoisotopic (exact) mass is 215 g/mol. The molecular weight excluding hydrogens is 205 g/mol. The van der Waals surface area contributed by atoms with Crippen LogP contribution in [0.1, 0.15) is 0 Å². The molecule has 0 aromatic rings. The van der Waals surface area contributed by atoms with Crippen molar-refractivity contribution in [3.8, 4) is 0 Å². The van der Waals surface area contributed by atoms with E-state index in [1.165, 1.54) is 14.2 Å². The molecule has 0 aromatic carbocycles. The molecule has 0 bridgehead atoms. The molecule has 0 heterocycles. The van der Waals surface area contributed by atoms with Gasteiger partial charge in [0.2, 0.25) is 11.6 Å². The van der Waals surface area contributed by atoms with Gasteiger partial charge in [-0.05, 0) is 11.8 Å². The molecule has 0 fully saturated rings. The van der Waals surface area contributed by atoms with Crippen LogP contribution in [-0.4, -0.2) is 30.7 Å². The van der Waals surface area contributed by atoms with E-state index in [4.69, 9.17) is 4.89 Å². The van der Waals surface area contributed by atoms with Gasteiger partial charge in [0.1, 0.15) is 0 Å². The summed E-state index contributed by atoms with van der Waals surface area (Å²) in [5.41, 5.74) is -2.75. The predicted molar refractivity (Wildman–Crippen MR) is 50.0 cm³/mol. The fourth-order valence-corrected chi connectivity index (χ4v) is 2.43. The van der Waals surface area contributed by atoms with E-state index < -0.39 is 5.69 Å². The number of hydrogen-bond donors (Lipinski definition) is 2. The van der Waals surface area contributed by atoms with Crippen molar-refractivity contribution < 1.29 is 14.2 Å². The molecule has 4 nitrogen and oxygen atoms in total. The summed E-state index contributed by atoms with van der Waals surface area (Å²) in [4.78, 5) is 19.8. The molecule has 2 N–H and O–H groups in total. The van der Waals surface area contributed by atoms with Crippen molar-refractivity contribution in [2.75, 3.05) is 19.9 Å². The maximum atomic E-state index is 10.6. The molecule has 0 spiro atoms. The number of rotatable bonds is 4. The third kappa shape index (κ3) is 5.64. The van der Waals surface area contributed by atoms with Gasteiger partial charge < -0.3 is 14.7 Å². The lowest BCUT2D eigenvalue weighted by atomic mass is 10.7. The summed E-state index contributed by atoms with van der Waals surface area (Å²) in [6, 6.07) is 0. The Morgan fingerprint density at radius 1 is 1.91 bits per heavy atom. The van der Waals surface area contributed by atoms with Gasteiger partial charge >= 0.3 is 0 Å². The van der Waals surface area contributed by atoms with Gasteiger partial charge in [0.25, 0.3) is 0 Å². The Kier molecular flexibility index (Phi) is 5.29. The normalized spacial score (nSPS) is 15.5. The van der Waals surface area contributed by atoms with Gasteiger partial charge in [-0.15, -0.1) is 0 Å². The van der Waals surface area contributed by atoms with Crippen molar-refractivity contribution in [1.29, 1.82) is 0 Å². The fraction of sp³-hybridized carbons (Fsp3) is 0.750. The minimum absolute atomic E-state index is 0.137. The molecule has 0 aliphatic rings. The zero-order valence-corrected chi connectivity index (χ0v) is 8.76. The number of nitrogens with one attached hydrogen (secondary N) is 1. The smallest absolute Gasteiger partial charge is 0.244 e. The van der Waals surface area contributed by atoms with Crippen molar-refractivity contribution in [3.05, 3.63) is 0 Å². The lowest BCUT2D eigenvalue weighted by molar-refractivity contribution is -0.118. The molecule has 0 aliphatic carbocycles. The summed E-state index contributed by atoms with van der Waals surface area (Å²) in [6.07, 6.45) is 0. The van der Waals surface area contributed by atoms with Gasteiger partial charge in [-0.25, -0.2) is 0 Å². The Labute approximate surface area is 74.6 Å². The number of carbonyl (C=O) groups is 1. The van der Waals surface area contributed by atoms with E-state index in [1.54, 1.807) is 0 Å². The number of amides is 1. The lowest BCUT2D eigenvalue weighted by Crippen LogP contribution is -2.19. The Balaban J connectivity index is 3.70. The van der Waals surface area contributed by atoms with Crippen LogP contribution in [0.15, 0.2) is 0 Å². The van der Waals surface area contributed by atoms with E-state index in [9.17, 15) is 4.79 Å². The maximum Gasteiger partial charge on any atom is 0.244 e. The first-order chi connectivity index (χ1) is 5.02. The average Bonchev–Trinajstić information content (AvgIpc) is 2.00. The first-order valence-electron chi connectivity index (χ1n) is 2.75. The highest BCUT2D eigenvalue weighted by molar-refractivity contribution is 8.67. The third-order valence-electron chi connectivity index (χ3n) is 0.868. The van der Waals surface area contributed by atoms with Crippen LogP contribution in [-0.2, 0) is 21.1 Å². The Morgan fingerprint density at radius 2 is 2.45 bits per heavy atom. The van der Waals surface area contributed by atoms with E-state index in [0.29, 0.717) is 0 Å². The van der Waals surface area contributed by atoms with Crippen molar-refractivity contribution in [3.63, 3.8) is 0 Å². The summed E-state index contributed by atoms with van der Waals surface area (Å²) >= 11 is 5.60. The van der Waals surface area contributed by atoms with Gasteiger partial charge in [0, 0.05) is 14.2 Å². The van der Waals surface area contributed by atoms with E-state index in [-0.39, 0.29) is 11.7 Å². The molecule has 0 saturated carbocycles. The van der Waals surface area contributed by atoms with Crippen molar-refractivity contribution in [1.82, 2.24) is 5.32 Å². The maximum absolute atomic E-state index is 10.6. The Morgan fingerprint density at radius 3 is 2.82 bits per heavy atom. The second-order valence-corrected chi connectivity index (χ2v) is 7.88. The van der Waals surface area contributed by atoms with E-state index in [2.05, 4.69) is 21.6 Å². The first kappa shape index (κ1) is 11.4. The van der Waals surface area contributed by atoms with Crippen LogP contribution in [0.2, 0.25) is 0 Å². The molecule has 1 atom stereocenters. The molecule has 11 heavy (non-hydrogen) atoms. The SMILES string of the molecule is CNC(=O)CSP(O)(=S)OC. The molecule has 7 heteroatoms. The van der Waals surface area contributed by atoms with Gasteiger partial charge in [0.05, 0.1) is 5.75 Å². The molecule has 1 amide bonds. The summed E-state index contributed by atoms with van der Waals surface area (Å²) in [7, 11) is 2.86. The van der Waals surface area contributed by atoms with Crippen LogP contribution in [0.3, 0.4) is 0 Å². The van der Waals surface area contributed by atoms with Gasteiger partial charge in [-0.3, -0.25) is 4.79 Å². The fourth-order valence-electron chi connectivity index (χ4n) is 0.265. The summed E-state index contributed by atoms with van der Waals surface area (Å²) in [5, 5.41) is 2.41. The summed E-state index contributed by atoms with van der Waals surface area (Å²) in [5.74, 6) is -0.0340. The molecular formula is C4H10NO3PS2. The van der Waals surface area contributed by atoms with E-state index in [1.807, 2.05) is 0 Å². The molecule has 1 unspecified atom stereocenters. The molecule has 0 saturated heterocycles. The summed E-state index contributed by atoms with van der Waals surface area (Å²) < 4.78 is 4.60. The van der Waals surface area contributed by atoms with Crippen LogP contribution in [0, 0.1) is 0 Å².